The molecule has 1 aliphatic rings. The summed E-state index contributed by atoms with van der Waals surface area (Å²) < 4.78 is 7.78. The minimum absolute atomic E-state index is 0.633. The molecule has 4 heterocycles. The Morgan fingerprint density at radius 2 is 1.60 bits per heavy atom. The third-order valence-electron chi connectivity index (χ3n) is 5.25. The molecule has 3 aromatic heterocycles. The van der Waals surface area contributed by atoms with Gasteiger partial charge in [-0.2, -0.15) is 10.1 Å². The Bertz CT molecular complexity index is 1220. The first-order valence-corrected chi connectivity index (χ1v) is 10.3. The first-order chi connectivity index (χ1) is 14.5. The molecule has 0 saturated carbocycles. The van der Waals surface area contributed by atoms with Gasteiger partial charge in [0, 0.05) is 49.0 Å². The highest BCUT2D eigenvalue weighted by Gasteiger charge is 2.23. The molecule has 0 amide bonds. The van der Waals surface area contributed by atoms with Gasteiger partial charge in [0.1, 0.15) is 17.2 Å². The highest BCUT2D eigenvalue weighted by atomic mass is 35.5. The molecule has 0 N–H and O–H groups in total. The standard InChI is InChI=1S/C21H22ClN7O/c1-13-10-14(2)29(26-13)20-12-19(23-15(3)24-20)27-6-8-28(9-7-27)21-25-17-5-4-16(22)11-18(17)30-21/h4-5,10-12H,6-9H2,1-3H3. The summed E-state index contributed by atoms with van der Waals surface area (Å²) in [5.74, 6) is 2.43. The van der Waals surface area contributed by atoms with Crippen LogP contribution in [0.3, 0.4) is 0 Å². The number of hydrogen-bond donors (Lipinski definition) is 0. The van der Waals surface area contributed by atoms with Crippen molar-refractivity contribution in [2.24, 2.45) is 0 Å². The molecule has 0 atom stereocenters. The number of piperazine rings is 1. The van der Waals surface area contributed by atoms with E-state index >= 15 is 0 Å². The van der Waals surface area contributed by atoms with E-state index in [2.05, 4.69) is 29.9 Å². The van der Waals surface area contributed by atoms with Gasteiger partial charge in [-0.1, -0.05) is 11.6 Å². The Morgan fingerprint density at radius 1 is 0.867 bits per heavy atom. The Kier molecular flexibility index (Phi) is 4.58. The Morgan fingerprint density at radius 3 is 2.33 bits per heavy atom. The van der Waals surface area contributed by atoms with Gasteiger partial charge in [-0.3, -0.25) is 0 Å². The molecule has 8 nitrogen and oxygen atoms in total. The van der Waals surface area contributed by atoms with Crippen molar-refractivity contribution in [1.29, 1.82) is 0 Å². The Hall–Kier alpha value is -3.13. The highest BCUT2D eigenvalue weighted by molar-refractivity contribution is 6.31. The monoisotopic (exact) mass is 423 g/mol. The summed E-state index contributed by atoms with van der Waals surface area (Å²) >= 11 is 6.06. The molecule has 30 heavy (non-hydrogen) atoms. The molecule has 154 valence electrons. The van der Waals surface area contributed by atoms with Crippen molar-refractivity contribution in [3.05, 3.63) is 52.6 Å². The maximum Gasteiger partial charge on any atom is 0.298 e. The topological polar surface area (TPSA) is 76.1 Å². The predicted molar refractivity (Wildman–Crippen MR) is 117 cm³/mol. The third kappa shape index (κ3) is 3.47. The molecule has 1 fully saturated rings. The van der Waals surface area contributed by atoms with Gasteiger partial charge in [-0.15, -0.1) is 0 Å². The fraction of sp³-hybridized carbons (Fsp3) is 0.333. The first kappa shape index (κ1) is 18.9. The van der Waals surface area contributed by atoms with E-state index in [-0.39, 0.29) is 0 Å². The van der Waals surface area contributed by atoms with Crippen LogP contribution in [0.5, 0.6) is 0 Å². The van der Waals surface area contributed by atoms with Crippen LogP contribution >= 0.6 is 11.6 Å². The zero-order valence-electron chi connectivity index (χ0n) is 17.1. The Balaban J connectivity index is 1.35. The summed E-state index contributed by atoms with van der Waals surface area (Å²) in [6.07, 6.45) is 0. The average molecular weight is 424 g/mol. The number of nitrogens with zero attached hydrogens (tertiary/aromatic N) is 7. The summed E-state index contributed by atoms with van der Waals surface area (Å²) in [5, 5.41) is 5.20. The van der Waals surface area contributed by atoms with Crippen molar-refractivity contribution < 1.29 is 4.42 Å². The number of fused-ring (bicyclic) bond motifs is 1. The number of aryl methyl sites for hydroxylation is 3. The van der Waals surface area contributed by atoms with Gasteiger partial charge in [0.15, 0.2) is 11.4 Å². The van der Waals surface area contributed by atoms with E-state index in [1.54, 1.807) is 6.07 Å². The van der Waals surface area contributed by atoms with E-state index in [1.807, 2.05) is 49.7 Å². The summed E-state index contributed by atoms with van der Waals surface area (Å²) in [7, 11) is 0. The Labute approximate surface area is 179 Å². The molecule has 0 spiro atoms. The van der Waals surface area contributed by atoms with Crippen molar-refractivity contribution >= 4 is 34.5 Å². The van der Waals surface area contributed by atoms with Crippen LogP contribution in [-0.2, 0) is 0 Å². The molecule has 0 aliphatic carbocycles. The number of anilines is 2. The van der Waals surface area contributed by atoms with Crippen LogP contribution < -0.4 is 9.80 Å². The third-order valence-corrected chi connectivity index (χ3v) is 5.49. The lowest BCUT2D eigenvalue weighted by atomic mass is 10.3. The summed E-state index contributed by atoms with van der Waals surface area (Å²) in [6.45, 7) is 9.14. The molecule has 0 unspecified atom stereocenters. The lowest BCUT2D eigenvalue weighted by Crippen LogP contribution is -2.47. The van der Waals surface area contributed by atoms with E-state index in [0.29, 0.717) is 16.6 Å². The number of hydrogen-bond acceptors (Lipinski definition) is 7. The number of benzene rings is 1. The fourth-order valence-electron chi connectivity index (χ4n) is 3.82. The largest absolute Gasteiger partial charge is 0.423 e. The molecule has 1 saturated heterocycles. The van der Waals surface area contributed by atoms with Crippen molar-refractivity contribution in [2.75, 3.05) is 36.0 Å². The predicted octanol–water partition coefficient (Wildman–Crippen LogP) is 3.71. The van der Waals surface area contributed by atoms with Gasteiger partial charge >= 0.3 is 0 Å². The highest BCUT2D eigenvalue weighted by Crippen LogP contribution is 2.26. The summed E-state index contributed by atoms with van der Waals surface area (Å²) in [5.41, 5.74) is 3.55. The molecule has 1 aromatic carbocycles. The van der Waals surface area contributed by atoms with Crippen LogP contribution in [0.4, 0.5) is 11.8 Å². The van der Waals surface area contributed by atoms with Crippen LogP contribution in [0, 0.1) is 20.8 Å². The van der Waals surface area contributed by atoms with Crippen LogP contribution in [0.2, 0.25) is 5.02 Å². The van der Waals surface area contributed by atoms with Crippen LogP contribution in [0.25, 0.3) is 16.9 Å². The number of aromatic nitrogens is 5. The average Bonchev–Trinajstić information content (AvgIpc) is 3.29. The molecule has 0 bridgehead atoms. The normalized spacial score (nSPS) is 14.7. The molecule has 5 rings (SSSR count). The maximum atomic E-state index is 6.06. The van der Waals surface area contributed by atoms with Crippen molar-refractivity contribution in [1.82, 2.24) is 24.7 Å². The van der Waals surface area contributed by atoms with Gasteiger partial charge in [-0.25, -0.2) is 14.6 Å². The van der Waals surface area contributed by atoms with Gasteiger partial charge < -0.3 is 14.2 Å². The number of halogens is 1. The number of oxazole rings is 1. The lowest BCUT2D eigenvalue weighted by Gasteiger charge is -2.34. The summed E-state index contributed by atoms with van der Waals surface area (Å²) in [4.78, 5) is 18.3. The second-order valence-electron chi connectivity index (χ2n) is 7.55. The minimum Gasteiger partial charge on any atom is -0.423 e. The van der Waals surface area contributed by atoms with Crippen LogP contribution in [-0.4, -0.2) is 50.9 Å². The second-order valence-corrected chi connectivity index (χ2v) is 7.99. The van der Waals surface area contributed by atoms with E-state index < -0.39 is 0 Å². The second kappa shape index (κ2) is 7.28. The zero-order valence-corrected chi connectivity index (χ0v) is 17.9. The molecule has 4 aromatic rings. The maximum absolute atomic E-state index is 6.06. The van der Waals surface area contributed by atoms with E-state index in [0.717, 1.165) is 60.5 Å². The number of rotatable bonds is 3. The van der Waals surface area contributed by atoms with Crippen molar-refractivity contribution in [2.45, 2.75) is 20.8 Å². The smallest absolute Gasteiger partial charge is 0.298 e. The van der Waals surface area contributed by atoms with Gasteiger partial charge in [0.2, 0.25) is 0 Å². The molecular formula is C21H22ClN7O. The van der Waals surface area contributed by atoms with E-state index in [4.69, 9.17) is 16.0 Å². The fourth-order valence-corrected chi connectivity index (χ4v) is 3.98. The lowest BCUT2D eigenvalue weighted by molar-refractivity contribution is 0.540. The van der Waals surface area contributed by atoms with E-state index in [1.165, 1.54) is 0 Å². The molecule has 9 heteroatoms. The van der Waals surface area contributed by atoms with Gasteiger partial charge in [-0.05, 0) is 39.0 Å². The van der Waals surface area contributed by atoms with Gasteiger partial charge in [0.05, 0.1) is 5.69 Å². The molecule has 0 radical (unpaired) electrons. The van der Waals surface area contributed by atoms with E-state index in [9.17, 15) is 0 Å². The van der Waals surface area contributed by atoms with Crippen LogP contribution in [0.1, 0.15) is 17.2 Å². The molecular weight excluding hydrogens is 402 g/mol. The first-order valence-electron chi connectivity index (χ1n) is 9.91. The van der Waals surface area contributed by atoms with Gasteiger partial charge in [0.25, 0.3) is 6.01 Å². The van der Waals surface area contributed by atoms with Crippen molar-refractivity contribution in [3.8, 4) is 5.82 Å². The minimum atomic E-state index is 0.633. The zero-order chi connectivity index (χ0) is 20.8. The summed E-state index contributed by atoms with van der Waals surface area (Å²) in [6, 6.07) is 10.2. The molecule has 1 aliphatic heterocycles. The van der Waals surface area contributed by atoms with Crippen LogP contribution in [0.15, 0.2) is 34.7 Å². The quantitative estimate of drug-likeness (QED) is 0.497. The van der Waals surface area contributed by atoms with Crippen molar-refractivity contribution in [3.63, 3.8) is 0 Å². The SMILES string of the molecule is Cc1cc(C)n(-c2cc(N3CCN(c4nc5ccc(Cl)cc5o4)CC3)nc(C)n2)n1.